The number of aliphatic hydroxyl groups is 3. The maximum absolute atomic E-state index is 9.56. The van der Waals surface area contributed by atoms with E-state index in [2.05, 4.69) is 0 Å². The molecule has 1 fully saturated rings. The Hall–Kier alpha value is -0.160. The van der Waals surface area contributed by atoms with Crippen LogP contribution in [0.15, 0.2) is 0 Å². The lowest BCUT2D eigenvalue weighted by molar-refractivity contribution is -0.0792. The van der Waals surface area contributed by atoms with E-state index < -0.39 is 23.9 Å². The van der Waals surface area contributed by atoms with Crippen LogP contribution in [0.2, 0.25) is 0 Å². The molecule has 0 saturated carbocycles. The molecule has 0 bridgehead atoms. The quantitative estimate of drug-likeness (QED) is 0.456. The fourth-order valence-corrected chi connectivity index (χ4v) is 1.36. The molecule has 3 unspecified atom stereocenters. The van der Waals surface area contributed by atoms with Gasteiger partial charge in [0.25, 0.3) is 0 Å². The van der Waals surface area contributed by atoms with Crippen molar-refractivity contribution in [1.29, 1.82) is 0 Å². The predicted octanol–water partition coefficient (Wildman–Crippen LogP) is -1.12. The molecule has 1 aliphatic rings. The third-order valence-corrected chi connectivity index (χ3v) is 2.24. The van der Waals surface area contributed by atoms with E-state index in [4.69, 9.17) is 9.84 Å². The second-order valence-corrected chi connectivity index (χ2v) is 3.18. The third kappa shape index (κ3) is 1.27. The van der Waals surface area contributed by atoms with Gasteiger partial charge in [-0.1, -0.05) is 0 Å². The summed E-state index contributed by atoms with van der Waals surface area (Å²) in [6.45, 7) is 2.85. The molecular formula is C7H14O4. The largest absolute Gasteiger partial charge is 0.394 e. The molecule has 1 heterocycles. The summed E-state index contributed by atoms with van der Waals surface area (Å²) in [5.74, 6) is 0. The molecule has 0 amide bonds. The monoisotopic (exact) mass is 162 g/mol. The van der Waals surface area contributed by atoms with Gasteiger partial charge >= 0.3 is 0 Å². The van der Waals surface area contributed by atoms with Crippen molar-refractivity contribution in [3.8, 4) is 0 Å². The van der Waals surface area contributed by atoms with Crippen molar-refractivity contribution < 1.29 is 20.1 Å². The standard InChI is InChI=1S/C7H14O4/c1-4-6(9)7(2,10)5(3-8)11-4/h4-6,8-10H,3H2,1-2H3/t4?,5?,6-,7?/m0/s1. The van der Waals surface area contributed by atoms with Gasteiger partial charge in [0.15, 0.2) is 0 Å². The smallest absolute Gasteiger partial charge is 0.118 e. The molecular weight excluding hydrogens is 148 g/mol. The Balaban J connectivity index is 2.74. The topological polar surface area (TPSA) is 69.9 Å². The average Bonchev–Trinajstić information content (AvgIpc) is 2.13. The van der Waals surface area contributed by atoms with Crippen LogP contribution in [-0.4, -0.2) is 45.8 Å². The molecule has 1 saturated heterocycles. The minimum absolute atomic E-state index is 0.269. The lowest BCUT2D eigenvalue weighted by Crippen LogP contribution is -2.46. The zero-order valence-electron chi connectivity index (χ0n) is 6.69. The van der Waals surface area contributed by atoms with Gasteiger partial charge in [0, 0.05) is 0 Å². The Labute approximate surface area is 65.4 Å². The van der Waals surface area contributed by atoms with Gasteiger partial charge in [0.2, 0.25) is 0 Å². The van der Waals surface area contributed by atoms with Crippen molar-refractivity contribution in [3.63, 3.8) is 0 Å². The molecule has 0 aliphatic carbocycles. The zero-order chi connectivity index (χ0) is 8.65. The summed E-state index contributed by atoms with van der Waals surface area (Å²) in [4.78, 5) is 0. The molecule has 4 heteroatoms. The summed E-state index contributed by atoms with van der Waals surface area (Å²) in [7, 11) is 0. The van der Waals surface area contributed by atoms with Gasteiger partial charge in [-0.2, -0.15) is 0 Å². The normalized spacial score (nSPS) is 51.5. The summed E-state index contributed by atoms with van der Waals surface area (Å²) < 4.78 is 5.09. The molecule has 1 aliphatic heterocycles. The fourth-order valence-electron chi connectivity index (χ4n) is 1.36. The van der Waals surface area contributed by atoms with Crippen molar-refractivity contribution in [3.05, 3.63) is 0 Å². The van der Waals surface area contributed by atoms with E-state index in [1.54, 1.807) is 6.92 Å². The minimum Gasteiger partial charge on any atom is -0.394 e. The fraction of sp³-hybridized carbons (Fsp3) is 1.00. The van der Waals surface area contributed by atoms with E-state index in [9.17, 15) is 10.2 Å². The highest BCUT2D eigenvalue weighted by Crippen LogP contribution is 2.30. The number of hydrogen-bond donors (Lipinski definition) is 3. The van der Waals surface area contributed by atoms with Gasteiger partial charge in [-0.3, -0.25) is 0 Å². The molecule has 1 rings (SSSR count). The highest BCUT2D eigenvalue weighted by Gasteiger charge is 2.49. The maximum atomic E-state index is 9.56. The summed E-state index contributed by atoms with van der Waals surface area (Å²) >= 11 is 0. The SMILES string of the molecule is CC1OC(CO)C(C)(O)[C@H]1O. The third-order valence-electron chi connectivity index (χ3n) is 2.24. The molecule has 0 spiro atoms. The number of rotatable bonds is 1. The Morgan fingerprint density at radius 1 is 1.55 bits per heavy atom. The molecule has 66 valence electrons. The Bertz CT molecular complexity index is 145. The maximum Gasteiger partial charge on any atom is 0.118 e. The number of ether oxygens (including phenoxy) is 1. The van der Waals surface area contributed by atoms with E-state index in [1.165, 1.54) is 6.92 Å². The summed E-state index contributed by atoms with van der Waals surface area (Å²) in [6, 6.07) is 0. The van der Waals surface area contributed by atoms with Crippen LogP contribution in [0, 0.1) is 0 Å². The van der Waals surface area contributed by atoms with Crippen LogP contribution in [0.25, 0.3) is 0 Å². The summed E-state index contributed by atoms with van der Waals surface area (Å²) in [5.41, 5.74) is -1.33. The first-order chi connectivity index (χ1) is 5.00. The second-order valence-electron chi connectivity index (χ2n) is 3.18. The predicted molar refractivity (Wildman–Crippen MR) is 38.1 cm³/mol. The first-order valence-electron chi connectivity index (χ1n) is 3.67. The van der Waals surface area contributed by atoms with Gasteiger partial charge in [0.05, 0.1) is 12.7 Å². The van der Waals surface area contributed by atoms with Gasteiger partial charge in [0.1, 0.15) is 17.8 Å². The Morgan fingerprint density at radius 3 is 2.27 bits per heavy atom. The van der Waals surface area contributed by atoms with Crippen molar-refractivity contribution in [1.82, 2.24) is 0 Å². The molecule has 3 N–H and O–H groups in total. The van der Waals surface area contributed by atoms with Gasteiger partial charge < -0.3 is 20.1 Å². The lowest BCUT2D eigenvalue weighted by atomic mass is 9.94. The van der Waals surface area contributed by atoms with Crippen molar-refractivity contribution in [2.75, 3.05) is 6.61 Å². The van der Waals surface area contributed by atoms with Crippen LogP contribution in [0.3, 0.4) is 0 Å². The molecule has 0 aromatic heterocycles. The summed E-state index contributed by atoms with van der Waals surface area (Å²) in [5, 5.41) is 27.6. The van der Waals surface area contributed by atoms with Crippen LogP contribution in [0.4, 0.5) is 0 Å². The molecule has 0 aromatic carbocycles. The first kappa shape index (κ1) is 8.93. The van der Waals surface area contributed by atoms with E-state index >= 15 is 0 Å². The molecule has 4 nitrogen and oxygen atoms in total. The van der Waals surface area contributed by atoms with E-state index in [1.807, 2.05) is 0 Å². The van der Waals surface area contributed by atoms with Crippen LogP contribution >= 0.6 is 0 Å². The molecule has 0 aromatic rings. The summed E-state index contributed by atoms with van der Waals surface area (Å²) in [6.07, 6.45) is -2.01. The van der Waals surface area contributed by atoms with Crippen LogP contribution < -0.4 is 0 Å². The zero-order valence-corrected chi connectivity index (χ0v) is 6.69. The minimum atomic E-state index is -1.33. The molecule has 4 atom stereocenters. The van der Waals surface area contributed by atoms with E-state index in [0.29, 0.717) is 0 Å². The molecule has 0 radical (unpaired) electrons. The van der Waals surface area contributed by atoms with Crippen molar-refractivity contribution in [2.24, 2.45) is 0 Å². The average molecular weight is 162 g/mol. The van der Waals surface area contributed by atoms with Crippen LogP contribution in [0.1, 0.15) is 13.8 Å². The van der Waals surface area contributed by atoms with Crippen LogP contribution in [0.5, 0.6) is 0 Å². The van der Waals surface area contributed by atoms with Crippen LogP contribution in [-0.2, 0) is 4.74 Å². The second kappa shape index (κ2) is 2.71. The number of aliphatic hydroxyl groups excluding tert-OH is 2. The number of hydrogen-bond acceptors (Lipinski definition) is 4. The van der Waals surface area contributed by atoms with Gasteiger partial charge in [-0.15, -0.1) is 0 Å². The first-order valence-corrected chi connectivity index (χ1v) is 3.67. The lowest BCUT2D eigenvalue weighted by Gasteiger charge is -2.24. The van der Waals surface area contributed by atoms with Crippen molar-refractivity contribution >= 4 is 0 Å². The molecule has 11 heavy (non-hydrogen) atoms. The highest BCUT2D eigenvalue weighted by atomic mass is 16.6. The Morgan fingerprint density at radius 2 is 2.09 bits per heavy atom. The van der Waals surface area contributed by atoms with E-state index in [0.717, 1.165) is 0 Å². The van der Waals surface area contributed by atoms with E-state index in [-0.39, 0.29) is 6.61 Å². The highest BCUT2D eigenvalue weighted by molar-refractivity contribution is 4.98. The van der Waals surface area contributed by atoms with Crippen molar-refractivity contribution in [2.45, 2.75) is 37.8 Å². The van der Waals surface area contributed by atoms with Gasteiger partial charge in [-0.25, -0.2) is 0 Å². The van der Waals surface area contributed by atoms with Gasteiger partial charge in [-0.05, 0) is 13.8 Å². The Kier molecular flexibility index (Phi) is 2.20.